The molecule has 1 unspecified atom stereocenters. The van der Waals surface area contributed by atoms with Gasteiger partial charge >= 0.3 is 6.09 Å². The first-order valence-corrected chi connectivity index (χ1v) is 7.64. The van der Waals surface area contributed by atoms with E-state index in [1.807, 2.05) is 0 Å². The Morgan fingerprint density at radius 1 is 1.29 bits per heavy atom. The van der Waals surface area contributed by atoms with Gasteiger partial charge in [-0.3, -0.25) is 9.69 Å². The Bertz CT molecular complexity index is 684. The van der Waals surface area contributed by atoms with Gasteiger partial charge in [0.15, 0.2) is 17.3 Å². The highest BCUT2D eigenvalue weighted by Crippen LogP contribution is 2.41. The van der Waals surface area contributed by atoms with Gasteiger partial charge in [0.05, 0.1) is 38.1 Å². The van der Waals surface area contributed by atoms with E-state index in [0.29, 0.717) is 28.3 Å². The monoisotopic (exact) mass is 334 g/mol. The van der Waals surface area contributed by atoms with Crippen LogP contribution < -0.4 is 19.7 Å². The number of ketones is 1. The minimum absolute atomic E-state index is 0.173. The molecule has 1 atom stereocenters. The van der Waals surface area contributed by atoms with Gasteiger partial charge in [-0.1, -0.05) is 0 Å². The Labute approximate surface area is 141 Å². The number of nitrogens with one attached hydrogen (secondary N) is 1. The molecule has 0 bridgehead atoms. The fraction of sp³-hybridized carbons (Fsp3) is 0.412. The third kappa shape index (κ3) is 2.89. The van der Waals surface area contributed by atoms with Gasteiger partial charge in [0.1, 0.15) is 0 Å². The second-order valence-corrected chi connectivity index (χ2v) is 5.19. The summed E-state index contributed by atoms with van der Waals surface area (Å²) in [6.07, 6.45) is 1.08. The van der Waals surface area contributed by atoms with E-state index in [2.05, 4.69) is 5.32 Å². The number of rotatable bonds is 4. The van der Waals surface area contributed by atoms with Crippen LogP contribution in [0.15, 0.2) is 23.9 Å². The van der Waals surface area contributed by atoms with Crippen molar-refractivity contribution in [3.63, 3.8) is 0 Å². The molecule has 1 aromatic carbocycles. The number of nitrogens with zero attached hydrogens (tertiary/aromatic N) is 1. The van der Waals surface area contributed by atoms with Crippen LogP contribution in [0, 0.1) is 0 Å². The molecule has 1 N–H and O–H groups in total. The first-order chi connectivity index (χ1) is 11.5. The molecule has 0 saturated carbocycles. The van der Waals surface area contributed by atoms with Crippen LogP contribution in [-0.4, -0.2) is 45.8 Å². The molecule has 7 heteroatoms. The van der Waals surface area contributed by atoms with Crippen molar-refractivity contribution in [3.05, 3.63) is 29.5 Å². The topological polar surface area (TPSA) is 77.1 Å². The van der Waals surface area contributed by atoms with E-state index in [9.17, 15) is 9.59 Å². The minimum Gasteiger partial charge on any atom is -0.493 e. The molecule has 0 fully saturated rings. The van der Waals surface area contributed by atoms with Crippen LogP contribution in [0.25, 0.3) is 0 Å². The number of methoxy groups -OCH3 is 2. The summed E-state index contributed by atoms with van der Waals surface area (Å²) in [6, 6.07) is 2.72. The molecule has 0 spiro atoms. The van der Waals surface area contributed by atoms with Crippen molar-refractivity contribution in [1.82, 2.24) is 5.32 Å². The average molecular weight is 334 g/mol. The minimum atomic E-state index is -0.520. The van der Waals surface area contributed by atoms with Crippen LogP contribution in [0.1, 0.15) is 24.2 Å². The fourth-order valence-electron chi connectivity index (χ4n) is 2.73. The quantitative estimate of drug-likeness (QED) is 0.852. The number of carbonyl (C=O) groups excluding carboxylic acids is 2. The highest BCUT2D eigenvalue weighted by atomic mass is 16.6. The molecule has 0 radical (unpaired) electrons. The Balaban J connectivity index is 2.69. The van der Waals surface area contributed by atoms with Crippen molar-refractivity contribution in [2.45, 2.75) is 19.9 Å². The molecule has 0 aliphatic carbocycles. The Morgan fingerprint density at radius 2 is 1.92 bits per heavy atom. The molecule has 0 aromatic heterocycles. The fourth-order valence-corrected chi connectivity index (χ4v) is 2.73. The number of Topliss-reactive ketones (excluding diaryl/α,β-unsaturated/α-hetero) is 1. The summed E-state index contributed by atoms with van der Waals surface area (Å²) in [7, 11) is 4.69. The van der Waals surface area contributed by atoms with Crippen molar-refractivity contribution in [2.75, 3.05) is 32.8 Å². The van der Waals surface area contributed by atoms with Gasteiger partial charge in [-0.25, -0.2) is 4.79 Å². The lowest BCUT2D eigenvalue weighted by atomic mass is 9.90. The number of anilines is 1. The van der Waals surface area contributed by atoms with E-state index >= 15 is 0 Å². The molecule has 1 aliphatic heterocycles. The molecule has 1 heterocycles. The Morgan fingerprint density at radius 3 is 2.46 bits per heavy atom. The van der Waals surface area contributed by atoms with Crippen molar-refractivity contribution >= 4 is 17.6 Å². The highest BCUT2D eigenvalue weighted by Gasteiger charge is 2.38. The van der Waals surface area contributed by atoms with E-state index in [1.54, 1.807) is 39.2 Å². The smallest absolute Gasteiger partial charge is 0.414 e. The van der Waals surface area contributed by atoms with Crippen LogP contribution in [-0.2, 0) is 4.74 Å². The van der Waals surface area contributed by atoms with E-state index in [1.165, 1.54) is 19.1 Å². The second-order valence-electron chi connectivity index (χ2n) is 5.19. The predicted octanol–water partition coefficient (Wildman–Crippen LogP) is 2.35. The second kappa shape index (κ2) is 7.25. The maximum atomic E-state index is 12.8. The van der Waals surface area contributed by atoms with Gasteiger partial charge < -0.3 is 19.5 Å². The number of carbonyl (C=O) groups is 2. The van der Waals surface area contributed by atoms with Crippen LogP contribution in [0.3, 0.4) is 0 Å². The van der Waals surface area contributed by atoms with Gasteiger partial charge in [-0.2, -0.15) is 0 Å². The summed E-state index contributed by atoms with van der Waals surface area (Å²) in [5.41, 5.74) is 1.27. The van der Waals surface area contributed by atoms with E-state index in [-0.39, 0.29) is 12.4 Å². The van der Waals surface area contributed by atoms with Gasteiger partial charge in [0, 0.05) is 24.9 Å². The summed E-state index contributed by atoms with van der Waals surface area (Å²) in [5.74, 6) is 0.687. The van der Waals surface area contributed by atoms with Crippen molar-refractivity contribution in [3.8, 4) is 11.5 Å². The normalized spacial score (nSPS) is 18.2. The molecule has 0 saturated heterocycles. The van der Waals surface area contributed by atoms with E-state index in [0.717, 1.165) is 0 Å². The summed E-state index contributed by atoms with van der Waals surface area (Å²) in [6.45, 7) is 3.75. The van der Waals surface area contributed by atoms with Gasteiger partial charge in [0.2, 0.25) is 0 Å². The predicted molar refractivity (Wildman–Crippen MR) is 90.0 cm³/mol. The van der Waals surface area contributed by atoms with Crippen LogP contribution in [0.2, 0.25) is 0 Å². The molecule has 1 aromatic rings. The zero-order valence-corrected chi connectivity index (χ0v) is 14.5. The molecule has 1 amide bonds. The number of hydrogen-bond donors (Lipinski definition) is 1. The average Bonchev–Trinajstić information content (AvgIpc) is 2.58. The SMILES string of the molecule is CCOC(=O)N1c2cc(OC)c(OC)cc2C(=O)C(=CNC)C1C. The number of benzene rings is 1. The lowest BCUT2D eigenvalue weighted by Gasteiger charge is -2.35. The number of ether oxygens (including phenoxy) is 3. The molecule has 130 valence electrons. The Hall–Kier alpha value is -2.70. The summed E-state index contributed by atoms with van der Waals surface area (Å²) in [5, 5.41) is 2.85. The number of amides is 1. The van der Waals surface area contributed by atoms with Gasteiger partial charge in [-0.15, -0.1) is 0 Å². The first-order valence-electron chi connectivity index (χ1n) is 7.64. The summed E-state index contributed by atoms with van der Waals surface area (Å²) < 4.78 is 15.7. The molecule has 1 aliphatic rings. The zero-order chi connectivity index (χ0) is 17.9. The van der Waals surface area contributed by atoms with E-state index < -0.39 is 12.1 Å². The molecular weight excluding hydrogens is 312 g/mol. The lowest BCUT2D eigenvalue weighted by Crippen LogP contribution is -2.46. The largest absolute Gasteiger partial charge is 0.493 e. The van der Waals surface area contributed by atoms with Gasteiger partial charge in [0.25, 0.3) is 0 Å². The molecule has 2 rings (SSSR count). The van der Waals surface area contributed by atoms with Crippen molar-refractivity contribution < 1.29 is 23.8 Å². The number of fused-ring (bicyclic) bond motifs is 1. The van der Waals surface area contributed by atoms with Crippen LogP contribution >= 0.6 is 0 Å². The van der Waals surface area contributed by atoms with Crippen molar-refractivity contribution in [2.24, 2.45) is 0 Å². The van der Waals surface area contributed by atoms with Crippen LogP contribution in [0.5, 0.6) is 11.5 Å². The lowest BCUT2D eigenvalue weighted by molar-refractivity contribution is 0.102. The third-order valence-corrected chi connectivity index (χ3v) is 3.87. The molecule has 7 nitrogen and oxygen atoms in total. The van der Waals surface area contributed by atoms with Crippen LogP contribution in [0.4, 0.5) is 10.5 Å². The maximum absolute atomic E-state index is 12.8. The maximum Gasteiger partial charge on any atom is 0.414 e. The highest BCUT2D eigenvalue weighted by molar-refractivity contribution is 6.18. The molecular formula is C17H22N2O5. The van der Waals surface area contributed by atoms with Crippen molar-refractivity contribution in [1.29, 1.82) is 0 Å². The summed E-state index contributed by atoms with van der Waals surface area (Å²) in [4.78, 5) is 26.7. The molecule has 24 heavy (non-hydrogen) atoms. The zero-order valence-electron chi connectivity index (χ0n) is 14.5. The third-order valence-electron chi connectivity index (χ3n) is 3.87. The summed E-state index contributed by atoms with van der Waals surface area (Å²) >= 11 is 0. The van der Waals surface area contributed by atoms with E-state index in [4.69, 9.17) is 14.2 Å². The Kier molecular flexibility index (Phi) is 5.33. The standard InChI is InChI=1S/C17H22N2O5/c1-6-24-17(21)19-10(2)12(9-18-3)16(20)11-7-14(22-4)15(23-5)8-13(11)19/h7-10,18H,6H2,1-5H3. The van der Waals surface area contributed by atoms with Gasteiger partial charge in [-0.05, 0) is 19.9 Å². The number of hydrogen-bond acceptors (Lipinski definition) is 6. The first kappa shape index (κ1) is 17.7.